The van der Waals surface area contributed by atoms with Crippen molar-refractivity contribution in [1.29, 1.82) is 0 Å². The van der Waals surface area contributed by atoms with E-state index in [4.69, 9.17) is 5.11 Å². The number of hydrogen-bond acceptors (Lipinski definition) is 5. The minimum atomic E-state index is -4.44. The van der Waals surface area contributed by atoms with Gasteiger partial charge >= 0.3 is 12.1 Å². The fraction of sp³-hybridized carbons (Fsp3) is 0.273. The molecule has 0 atom stereocenters. The summed E-state index contributed by atoms with van der Waals surface area (Å²) in [5, 5.41) is 19.2. The third-order valence-corrected chi connectivity index (χ3v) is 3.47. The number of tetrazole rings is 1. The molecule has 0 fully saturated rings. The van der Waals surface area contributed by atoms with E-state index in [2.05, 4.69) is 15.5 Å². The zero-order valence-corrected chi connectivity index (χ0v) is 11.2. The first-order valence-corrected chi connectivity index (χ1v) is 6.62. The molecule has 2 aromatic rings. The zero-order chi connectivity index (χ0) is 15.5. The Morgan fingerprint density at radius 1 is 1.33 bits per heavy atom. The number of carboxylic acids is 1. The number of benzene rings is 1. The van der Waals surface area contributed by atoms with Crippen molar-refractivity contribution in [2.75, 3.05) is 0 Å². The molecule has 0 aliphatic rings. The fourth-order valence-corrected chi connectivity index (χ4v) is 2.47. The number of hydrogen-bond donors (Lipinski definition) is 1. The van der Waals surface area contributed by atoms with Crippen LogP contribution in [-0.2, 0) is 23.3 Å². The van der Waals surface area contributed by atoms with Crippen LogP contribution in [0.4, 0.5) is 13.2 Å². The molecule has 21 heavy (non-hydrogen) atoms. The smallest absolute Gasteiger partial charge is 0.416 e. The third kappa shape index (κ3) is 3.94. The van der Waals surface area contributed by atoms with Crippen LogP contribution >= 0.6 is 11.8 Å². The van der Waals surface area contributed by atoms with Gasteiger partial charge in [-0.05, 0) is 22.1 Å². The van der Waals surface area contributed by atoms with Crippen LogP contribution in [0.5, 0.6) is 0 Å². The Morgan fingerprint density at radius 3 is 2.71 bits per heavy atom. The van der Waals surface area contributed by atoms with E-state index in [1.54, 1.807) is 0 Å². The Bertz CT molecular complexity index is 644. The molecule has 0 amide bonds. The summed E-state index contributed by atoms with van der Waals surface area (Å²) < 4.78 is 39.5. The van der Waals surface area contributed by atoms with Crippen LogP contribution in [0.1, 0.15) is 11.1 Å². The number of carbonyl (C=O) groups is 1. The summed E-state index contributed by atoms with van der Waals surface area (Å²) in [4.78, 5) is 10.6. The molecule has 0 spiro atoms. The second kappa shape index (κ2) is 6.12. The summed E-state index contributed by atoms with van der Waals surface area (Å²) >= 11 is 0.943. The Hall–Kier alpha value is -2.10. The number of thioether (sulfide) groups is 1. The van der Waals surface area contributed by atoms with Crippen molar-refractivity contribution in [2.45, 2.75) is 23.6 Å². The molecule has 10 heteroatoms. The van der Waals surface area contributed by atoms with Gasteiger partial charge in [-0.3, -0.25) is 4.79 Å². The second-order valence-electron chi connectivity index (χ2n) is 3.96. The molecule has 2 rings (SSSR count). The van der Waals surface area contributed by atoms with Crippen molar-refractivity contribution in [1.82, 2.24) is 20.2 Å². The maximum Gasteiger partial charge on any atom is 0.416 e. The van der Waals surface area contributed by atoms with E-state index in [-0.39, 0.29) is 16.5 Å². The van der Waals surface area contributed by atoms with Gasteiger partial charge in [0, 0.05) is 5.75 Å². The van der Waals surface area contributed by atoms with Crippen molar-refractivity contribution in [3.05, 3.63) is 35.4 Å². The Balaban J connectivity index is 2.14. The first kappa shape index (κ1) is 15.3. The summed E-state index contributed by atoms with van der Waals surface area (Å²) in [7, 11) is 0. The lowest BCUT2D eigenvalue weighted by Gasteiger charge is -2.11. The quantitative estimate of drug-likeness (QED) is 0.850. The lowest BCUT2D eigenvalue weighted by atomic mass is 10.1. The maximum absolute atomic E-state index is 12.8. The highest BCUT2D eigenvalue weighted by Gasteiger charge is 2.32. The van der Waals surface area contributed by atoms with Crippen LogP contribution in [0.2, 0.25) is 0 Å². The molecule has 6 nitrogen and oxygen atoms in total. The Kier molecular flexibility index (Phi) is 4.46. The van der Waals surface area contributed by atoms with Gasteiger partial charge in [-0.2, -0.15) is 13.2 Å². The van der Waals surface area contributed by atoms with Gasteiger partial charge in [-0.15, -0.1) is 5.10 Å². The number of rotatable bonds is 5. The lowest BCUT2D eigenvalue weighted by molar-refractivity contribution is -0.139. The Morgan fingerprint density at radius 2 is 2.05 bits per heavy atom. The average Bonchev–Trinajstić information content (AvgIpc) is 2.82. The van der Waals surface area contributed by atoms with Gasteiger partial charge in [0.25, 0.3) is 0 Å². The first-order valence-electron chi connectivity index (χ1n) is 5.64. The fourth-order valence-electron chi connectivity index (χ4n) is 1.59. The molecular formula is C11H9F3N4O2S. The van der Waals surface area contributed by atoms with Crippen molar-refractivity contribution < 1.29 is 23.1 Å². The molecule has 1 heterocycles. The van der Waals surface area contributed by atoms with Crippen LogP contribution in [0, 0.1) is 0 Å². The summed E-state index contributed by atoms with van der Waals surface area (Å²) in [5.74, 6) is -1.16. The predicted molar refractivity (Wildman–Crippen MR) is 66.5 cm³/mol. The highest BCUT2D eigenvalue weighted by molar-refractivity contribution is 7.98. The molecule has 112 valence electrons. The SMILES string of the molecule is O=C(O)Cn1nnnc1SCc1ccccc1C(F)(F)F. The molecular weight excluding hydrogens is 309 g/mol. The van der Waals surface area contributed by atoms with Crippen molar-refractivity contribution >= 4 is 17.7 Å². The highest BCUT2D eigenvalue weighted by atomic mass is 32.2. The molecule has 0 radical (unpaired) electrons. The van der Waals surface area contributed by atoms with Gasteiger partial charge in [0.15, 0.2) is 0 Å². The molecule has 0 aliphatic carbocycles. The van der Waals surface area contributed by atoms with E-state index in [9.17, 15) is 18.0 Å². The van der Waals surface area contributed by atoms with E-state index in [0.29, 0.717) is 0 Å². The number of aliphatic carboxylic acids is 1. The average molecular weight is 318 g/mol. The minimum Gasteiger partial charge on any atom is -0.480 e. The lowest BCUT2D eigenvalue weighted by Crippen LogP contribution is -2.12. The summed E-state index contributed by atoms with van der Waals surface area (Å²) in [6.45, 7) is -0.448. The third-order valence-electron chi connectivity index (χ3n) is 2.46. The maximum atomic E-state index is 12.8. The summed E-state index contributed by atoms with van der Waals surface area (Å²) in [6, 6.07) is 5.17. The van der Waals surface area contributed by atoms with E-state index < -0.39 is 24.3 Å². The molecule has 1 aromatic heterocycles. The Labute approximate surface area is 121 Å². The van der Waals surface area contributed by atoms with Crippen LogP contribution in [0.3, 0.4) is 0 Å². The van der Waals surface area contributed by atoms with Crippen LogP contribution in [0.15, 0.2) is 29.4 Å². The number of carboxylic acid groups (broad SMARTS) is 1. The van der Waals surface area contributed by atoms with Crippen molar-refractivity contribution in [3.8, 4) is 0 Å². The van der Waals surface area contributed by atoms with E-state index in [1.807, 2.05) is 0 Å². The first-order chi connectivity index (χ1) is 9.88. The second-order valence-corrected chi connectivity index (χ2v) is 4.90. The number of alkyl halides is 3. The van der Waals surface area contributed by atoms with Gasteiger partial charge in [0.2, 0.25) is 5.16 Å². The van der Waals surface area contributed by atoms with Gasteiger partial charge in [-0.25, -0.2) is 4.68 Å². The van der Waals surface area contributed by atoms with Gasteiger partial charge in [-0.1, -0.05) is 30.0 Å². The zero-order valence-electron chi connectivity index (χ0n) is 10.4. The van der Waals surface area contributed by atoms with Crippen molar-refractivity contribution in [2.24, 2.45) is 0 Å². The summed E-state index contributed by atoms with van der Waals surface area (Å²) in [5.41, 5.74) is -0.644. The molecule has 1 N–H and O–H groups in total. The highest BCUT2D eigenvalue weighted by Crippen LogP contribution is 2.34. The molecule has 0 aliphatic heterocycles. The molecule has 0 bridgehead atoms. The number of aromatic nitrogens is 4. The van der Waals surface area contributed by atoms with Crippen LogP contribution in [0.25, 0.3) is 0 Å². The molecule has 0 unspecified atom stereocenters. The number of nitrogens with zero attached hydrogens (tertiary/aromatic N) is 4. The number of halogens is 3. The van der Waals surface area contributed by atoms with Crippen LogP contribution in [-0.4, -0.2) is 31.3 Å². The monoisotopic (exact) mass is 318 g/mol. The molecule has 1 aromatic carbocycles. The molecule has 0 saturated carbocycles. The predicted octanol–water partition coefficient (Wildman–Crippen LogP) is 2.07. The van der Waals surface area contributed by atoms with Crippen molar-refractivity contribution in [3.63, 3.8) is 0 Å². The summed E-state index contributed by atoms with van der Waals surface area (Å²) in [6.07, 6.45) is -4.44. The van der Waals surface area contributed by atoms with E-state index in [1.165, 1.54) is 18.2 Å². The van der Waals surface area contributed by atoms with E-state index in [0.717, 1.165) is 22.5 Å². The van der Waals surface area contributed by atoms with Gasteiger partial charge in [0.1, 0.15) is 6.54 Å². The van der Waals surface area contributed by atoms with Gasteiger partial charge in [0.05, 0.1) is 5.56 Å². The minimum absolute atomic E-state index is 0.0182. The van der Waals surface area contributed by atoms with E-state index >= 15 is 0 Å². The topological polar surface area (TPSA) is 80.9 Å². The normalized spacial score (nSPS) is 11.6. The van der Waals surface area contributed by atoms with Gasteiger partial charge < -0.3 is 5.11 Å². The van der Waals surface area contributed by atoms with Crippen LogP contribution < -0.4 is 0 Å². The standard InChI is InChI=1S/C11H9F3N4O2S/c12-11(13,14)8-4-2-1-3-7(8)6-21-10-15-16-17-18(10)5-9(19)20/h1-4H,5-6H2,(H,19,20). The molecule has 0 saturated heterocycles. The largest absolute Gasteiger partial charge is 0.480 e.